The minimum atomic E-state index is -1.02. The van der Waals surface area contributed by atoms with Crippen LogP contribution in [0.25, 0.3) is 10.8 Å². The van der Waals surface area contributed by atoms with Crippen molar-refractivity contribution in [3.63, 3.8) is 0 Å². The van der Waals surface area contributed by atoms with Crippen molar-refractivity contribution in [2.24, 2.45) is 5.41 Å². The van der Waals surface area contributed by atoms with Crippen LogP contribution in [-0.4, -0.2) is 95.4 Å². The highest BCUT2D eigenvalue weighted by Crippen LogP contribution is 2.37. The number of nitriles is 1. The number of anilines is 2. The van der Waals surface area contributed by atoms with Gasteiger partial charge < -0.3 is 34.2 Å². The first-order chi connectivity index (χ1) is 22.5. The summed E-state index contributed by atoms with van der Waals surface area (Å²) in [5.41, 5.74) is 2.15. The Balaban J connectivity index is 1.35. The Kier molecular flexibility index (Phi) is 9.10. The minimum Gasteiger partial charge on any atom is -0.465 e. The lowest BCUT2D eigenvalue weighted by Gasteiger charge is -2.41. The number of carboxylic acid groups (broad SMARTS) is 1. The predicted octanol–water partition coefficient (Wildman–Crippen LogP) is 4.70. The molecule has 0 aliphatic carbocycles. The van der Waals surface area contributed by atoms with Gasteiger partial charge in [-0.1, -0.05) is 24.3 Å². The van der Waals surface area contributed by atoms with Crippen molar-refractivity contribution in [3.8, 4) is 17.8 Å². The SMILES string of the molecule is CN1CCC[C@H]1COc1nc2c(c(N3CCN(C(=O)O)C(CC#N)C3)n1)CCN(c1cc(OC(=O)C(C)(C)C)cc3ccccc13)C2. The highest BCUT2D eigenvalue weighted by atomic mass is 16.5. The molecule has 248 valence electrons. The minimum absolute atomic E-state index is 0.102. The van der Waals surface area contributed by atoms with Gasteiger partial charge in [-0.05, 0) is 65.1 Å². The number of carbonyl (C=O) groups is 2. The fraction of sp³-hybridized carbons (Fsp3) is 0.514. The third-order valence-electron chi connectivity index (χ3n) is 9.43. The molecule has 2 saturated heterocycles. The molecule has 0 saturated carbocycles. The van der Waals surface area contributed by atoms with E-state index in [0.29, 0.717) is 57.0 Å². The number of amides is 1. The van der Waals surface area contributed by atoms with Crippen LogP contribution >= 0.6 is 0 Å². The summed E-state index contributed by atoms with van der Waals surface area (Å²) in [4.78, 5) is 42.6. The lowest BCUT2D eigenvalue weighted by Crippen LogP contribution is -2.55. The average molecular weight is 642 g/mol. The van der Waals surface area contributed by atoms with Crippen LogP contribution < -0.4 is 19.3 Å². The number of fused-ring (bicyclic) bond motifs is 2. The molecule has 0 radical (unpaired) electrons. The number of aromatic nitrogens is 2. The Morgan fingerprint density at radius 2 is 1.87 bits per heavy atom. The number of esters is 1. The lowest BCUT2D eigenvalue weighted by molar-refractivity contribution is -0.142. The van der Waals surface area contributed by atoms with Crippen molar-refractivity contribution >= 4 is 34.3 Å². The Labute approximate surface area is 275 Å². The van der Waals surface area contributed by atoms with E-state index >= 15 is 0 Å². The molecular weight excluding hydrogens is 598 g/mol. The zero-order valence-electron chi connectivity index (χ0n) is 27.6. The zero-order valence-corrected chi connectivity index (χ0v) is 27.6. The molecule has 6 rings (SSSR count). The zero-order chi connectivity index (χ0) is 33.3. The monoisotopic (exact) mass is 641 g/mol. The maximum Gasteiger partial charge on any atom is 0.407 e. The number of piperazine rings is 1. The quantitative estimate of drug-likeness (QED) is 0.284. The second kappa shape index (κ2) is 13.2. The molecule has 0 spiro atoms. The molecule has 2 atom stereocenters. The molecular formula is C35H43N7O5. The van der Waals surface area contributed by atoms with Gasteiger partial charge in [0.2, 0.25) is 0 Å². The topological polar surface area (TPSA) is 135 Å². The van der Waals surface area contributed by atoms with Crippen molar-refractivity contribution < 1.29 is 24.2 Å². The van der Waals surface area contributed by atoms with Gasteiger partial charge in [-0.25, -0.2) is 4.79 Å². The van der Waals surface area contributed by atoms with Crippen LogP contribution in [0.3, 0.4) is 0 Å². The Bertz CT molecular complexity index is 1700. The fourth-order valence-electron chi connectivity index (χ4n) is 6.70. The molecule has 1 amide bonds. The van der Waals surface area contributed by atoms with Crippen molar-refractivity contribution in [1.82, 2.24) is 19.8 Å². The highest BCUT2D eigenvalue weighted by Gasteiger charge is 2.34. The molecule has 12 nitrogen and oxygen atoms in total. The number of hydrogen-bond acceptors (Lipinski definition) is 10. The van der Waals surface area contributed by atoms with Crippen LogP contribution in [0.5, 0.6) is 11.8 Å². The largest absolute Gasteiger partial charge is 0.465 e. The summed E-state index contributed by atoms with van der Waals surface area (Å²) in [5, 5.41) is 21.2. The first-order valence-electron chi connectivity index (χ1n) is 16.4. The molecule has 47 heavy (non-hydrogen) atoms. The van der Waals surface area contributed by atoms with Crippen LogP contribution in [0.1, 0.15) is 51.3 Å². The maximum absolute atomic E-state index is 12.8. The Morgan fingerprint density at radius 1 is 1.06 bits per heavy atom. The molecule has 1 aromatic heterocycles. The molecule has 3 aromatic rings. The van der Waals surface area contributed by atoms with Gasteiger partial charge in [0, 0.05) is 54.9 Å². The second-order valence-corrected chi connectivity index (χ2v) is 13.8. The molecule has 12 heteroatoms. The van der Waals surface area contributed by atoms with Gasteiger partial charge in [-0.3, -0.25) is 4.79 Å². The van der Waals surface area contributed by atoms with E-state index in [1.165, 1.54) is 4.90 Å². The van der Waals surface area contributed by atoms with Gasteiger partial charge in [0.05, 0.1) is 36.2 Å². The standard InChI is InChI=1S/C35H43N7O5/c1-35(2,3)32(43)47-26-18-23-8-5-6-10-27(23)30(19-26)40-15-12-28-29(21-40)37-33(46-22-25-9-7-14-39(25)4)38-31(28)41-16-17-42(34(44)45)24(20-41)11-13-36/h5-6,8,10,18-19,24-25H,7,9,11-12,14-17,20-22H2,1-4H3,(H,44,45)/t24?,25-/m0/s1. The van der Waals surface area contributed by atoms with E-state index in [1.54, 1.807) is 0 Å². The number of likely N-dealkylation sites (tertiary alicyclic amines) is 1. The van der Waals surface area contributed by atoms with Gasteiger partial charge in [-0.15, -0.1) is 0 Å². The second-order valence-electron chi connectivity index (χ2n) is 13.8. The van der Waals surface area contributed by atoms with Crippen LogP contribution in [-0.2, 0) is 17.8 Å². The molecule has 2 aromatic carbocycles. The average Bonchev–Trinajstić information content (AvgIpc) is 3.46. The molecule has 3 aliphatic heterocycles. The van der Waals surface area contributed by atoms with E-state index in [2.05, 4.69) is 33.9 Å². The Hall–Kier alpha value is -4.63. The van der Waals surface area contributed by atoms with Crippen LogP contribution in [0.15, 0.2) is 36.4 Å². The highest BCUT2D eigenvalue weighted by molar-refractivity contribution is 5.96. The van der Waals surface area contributed by atoms with Crippen molar-refractivity contribution in [2.45, 2.75) is 65.1 Å². The molecule has 1 N–H and O–H groups in total. The van der Waals surface area contributed by atoms with E-state index in [4.69, 9.17) is 19.4 Å². The summed E-state index contributed by atoms with van der Waals surface area (Å²) in [6.45, 7) is 9.29. The number of nitrogens with zero attached hydrogens (tertiary/aromatic N) is 7. The maximum atomic E-state index is 12.8. The summed E-state index contributed by atoms with van der Waals surface area (Å²) < 4.78 is 12.1. The van der Waals surface area contributed by atoms with Crippen molar-refractivity contribution in [3.05, 3.63) is 47.7 Å². The summed E-state index contributed by atoms with van der Waals surface area (Å²) in [6.07, 6.45) is 1.92. The third kappa shape index (κ3) is 6.90. The molecule has 2 fully saturated rings. The number of carbonyl (C=O) groups excluding carboxylic acids is 1. The van der Waals surface area contributed by atoms with E-state index in [9.17, 15) is 20.0 Å². The predicted molar refractivity (Wildman–Crippen MR) is 178 cm³/mol. The smallest absolute Gasteiger partial charge is 0.407 e. The summed E-state index contributed by atoms with van der Waals surface area (Å²) in [5.74, 6) is 0.944. The summed E-state index contributed by atoms with van der Waals surface area (Å²) in [7, 11) is 2.10. The summed E-state index contributed by atoms with van der Waals surface area (Å²) in [6, 6.07) is 14.2. The van der Waals surface area contributed by atoms with Gasteiger partial charge in [-0.2, -0.15) is 15.2 Å². The molecule has 3 aliphatic rings. The van der Waals surface area contributed by atoms with Gasteiger partial charge >= 0.3 is 18.1 Å². The molecule has 4 heterocycles. The van der Waals surface area contributed by atoms with E-state index in [0.717, 1.165) is 52.9 Å². The number of likely N-dealkylation sites (N-methyl/N-ethyl adjacent to an activating group) is 1. The first-order valence-corrected chi connectivity index (χ1v) is 16.4. The van der Waals surface area contributed by atoms with Crippen molar-refractivity contribution in [2.75, 3.05) is 56.2 Å². The van der Waals surface area contributed by atoms with Crippen LogP contribution in [0.4, 0.5) is 16.3 Å². The van der Waals surface area contributed by atoms with Crippen LogP contribution in [0, 0.1) is 16.7 Å². The van der Waals surface area contributed by atoms with Gasteiger partial charge in [0.15, 0.2) is 0 Å². The number of ether oxygens (including phenoxy) is 2. The molecule has 0 bridgehead atoms. The fourth-order valence-corrected chi connectivity index (χ4v) is 6.70. The Morgan fingerprint density at radius 3 is 2.60 bits per heavy atom. The van der Waals surface area contributed by atoms with Crippen LogP contribution in [0.2, 0.25) is 0 Å². The van der Waals surface area contributed by atoms with Gasteiger partial charge in [0.1, 0.15) is 18.2 Å². The number of rotatable bonds is 7. The van der Waals surface area contributed by atoms with Gasteiger partial charge in [0.25, 0.3) is 0 Å². The number of hydrogen-bond donors (Lipinski definition) is 1. The number of benzene rings is 2. The van der Waals surface area contributed by atoms with Crippen molar-refractivity contribution in [1.29, 1.82) is 5.26 Å². The van der Waals surface area contributed by atoms with E-state index in [1.807, 2.05) is 51.1 Å². The van der Waals surface area contributed by atoms with E-state index < -0.39 is 17.6 Å². The van der Waals surface area contributed by atoms with E-state index in [-0.39, 0.29) is 18.9 Å². The lowest BCUT2D eigenvalue weighted by atomic mass is 9.97. The normalized spacial score (nSPS) is 20.2. The third-order valence-corrected chi connectivity index (χ3v) is 9.43. The summed E-state index contributed by atoms with van der Waals surface area (Å²) >= 11 is 0. The molecule has 1 unspecified atom stereocenters. The first kappa shape index (κ1) is 32.3.